The van der Waals surface area contributed by atoms with E-state index in [1.54, 1.807) is 12.1 Å². The van der Waals surface area contributed by atoms with Crippen molar-refractivity contribution in [3.8, 4) is 12.1 Å². The highest BCUT2D eigenvalue weighted by Crippen LogP contribution is 2.38. The molecule has 10 nitrogen and oxygen atoms in total. The number of aliphatic hydroxyl groups is 1. The predicted octanol–water partition coefficient (Wildman–Crippen LogP) is 2.66. The zero-order chi connectivity index (χ0) is 22.4. The van der Waals surface area contributed by atoms with Gasteiger partial charge >= 0.3 is 0 Å². The van der Waals surface area contributed by atoms with E-state index in [0.29, 0.717) is 52.6 Å². The van der Waals surface area contributed by atoms with Gasteiger partial charge < -0.3 is 20.6 Å². The Bertz CT molecular complexity index is 1280. The smallest absolute Gasteiger partial charge is 0.247 e. The molecule has 0 bridgehead atoms. The molecule has 1 saturated carbocycles. The Morgan fingerprint density at radius 1 is 1.22 bits per heavy atom. The van der Waals surface area contributed by atoms with Crippen LogP contribution in [0.4, 0.5) is 23.1 Å². The van der Waals surface area contributed by atoms with Crippen LogP contribution < -0.4 is 15.5 Å². The second-order valence-electron chi connectivity index (χ2n) is 8.24. The quantitative estimate of drug-likeness (QED) is 0.536. The van der Waals surface area contributed by atoms with E-state index in [9.17, 15) is 15.6 Å². The van der Waals surface area contributed by atoms with E-state index >= 15 is 0 Å². The predicted molar refractivity (Wildman–Crippen MR) is 119 cm³/mol. The molecule has 1 aliphatic carbocycles. The SMILES string of the molecule is C[C@@H]1CN(c2cc(C#N)cc(Nc3nc(NC4CC4)c4ncc(C#N)n4n3)c2Cl)C[C@@H]1O. The summed E-state index contributed by atoms with van der Waals surface area (Å²) in [5, 5.41) is 40.4. The van der Waals surface area contributed by atoms with Gasteiger partial charge in [0.25, 0.3) is 0 Å². The molecule has 1 aromatic carbocycles. The molecule has 3 N–H and O–H groups in total. The van der Waals surface area contributed by atoms with Gasteiger partial charge in [-0.3, -0.25) is 0 Å². The molecule has 5 rings (SSSR count). The van der Waals surface area contributed by atoms with Crippen molar-refractivity contribution < 1.29 is 5.11 Å². The third-order valence-corrected chi connectivity index (χ3v) is 6.13. The zero-order valence-electron chi connectivity index (χ0n) is 17.2. The molecule has 3 aromatic rings. The lowest BCUT2D eigenvalue weighted by Crippen LogP contribution is -2.22. The van der Waals surface area contributed by atoms with Gasteiger partial charge in [0.1, 0.15) is 6.07 Å². The lowest BCUT2D eigenvalue weighted by atomic mass is 10.1. The van der Waals surface area contributed by atoms with Crippen molar-refractivity contribution in [1.82, 2.24) is 19.6 Å². The molecular weight excluding hydrogens is 430 g/mol. The van der Waals surface area contributed by atoms with Gasteiger partial charge in [0.05, 0.1) is 40.3 Å². The van der Waals surface area contributed by atoms with E-state index in [0.717, 1.165) is 12.8 Å². The first-order valence-electron chi connectivity index (χ1n) is 10.3. The lowest BCUT2D eigenvalue weighted by molar-refractivity contribution is 0.157. The summed E-state index contributed by atoms with van der Waals surface area (Å²) in [6, 6.07) is 7.90. The fraction of sp³-hybridized carbons (Fsp3) is 0.381. The third kappa shape index (κ3) is 3.64. The van der Waals surface area contributed by atoms with Crippen molar-refractivity contribution in [1.29, 1.82) is 10.5 Å². The number of nitriles is 2. The van der Waals surface area contributed by atoms with Crippen molar-refractivity contribution in [3.05, 3.63) is 34.6 Å². The van der Waals surface area contributed by atoms with Gasteiger partial charge in [-0.1, -0.05) is 18.5 Å². The summed E-state index contributed by atoms with van der Waals surface area (Å²) in [5.74, 6) is 0.837. The molecule has 0 unspecified atom stereocenters. The second kappa shape index (κ2) is 7.83. The van der Waals surface area contributed by atoms with E-state index in [1.165, 1.54) is 10.7 Å². The van der Waals surface area contributed by atoms with Gasteiger partial charge in [0.15, 0.2) is 17.2 Å². The molecule has 0 radical (unpaired) electrons. The number of β-amino-alcohol motifs (C(OH)–C–C–N with tert-alkyl or cyclic N) is 1. The molecule has 11 heteroatoms. The number of fused-ring (bicyclic) bond motifs is 1. The standard InChI is InChI=1S/C21H20ClN9O/c1-11-9-30(10-17(11)32)16-5-12(6-23)4-15(18(16)22)27-21-28-19(26-13-2-3-13)20-25-8-14(7-24)31(20)29-21/h4-5,8,11,13,17,32H,2-3,9-10H2,1H3,(H2,26,27,28,29)/t11-,17+/m1/s1. The van der Waals surface area contributed by atoms with E-state index in [-0.39, 0.29) is 17.6 Å². The van der Waals surface area contributed by atoms with Crippen molar-refractivity contribution in [2.75, 3.05) is 28.6 Å². The van der Waals surface area contributed by atoms with Gasteiger partial charge in [0.2, 0.25) is 5.95 Å². The topological polar surface area (TPSA) is 138 Å². The molecule has 162 valence electrons. The van der Waals surface area contributed by atoms with Crippen molar-refractivity contribution >= 4 is 40.4 Å². The number of anilines is 4. The van der Waals surface area contributed by atoms with Gasteiger partial charge in [-0.2, -0.15) is 20.0 Å². The van der Waals surface area contributed by atoms with Crippen LogP contribution in [0.5, 0.6) is 0 Å². The average Bonchev–Trinajstić information content (AvgIpc) is 3.40. The molecule has 3 heterocycles. The summed E-state index contributed by atoms with van der Waals surface area (Å²) in [4.78, 5) is 10.8. The molecule has 2 aromatic heterocycles. The first kappa shape index (κ1) is 20.3. The van der Waals surface area contributed by atoms with Gasteiger partial charge in [-0.25, -0.2) is 4.98 Å². The Morgan fingerprint density at radius 2 is 2.03 bits per heavy atom. The summed E-state index contributed by atoms with van der Waals surface area (Å²) in [5.41, 5.74) is 2.29. The summed E-state index contributed by atoms with van der Waals surface area (Å²) in [6.07, 6.45) is 3.09. The van der Waals surface area contributed by atoms with Crippen LogP contribution in [0.15, 0.2) is 18.3 Å². The van der Waals surface area contributed by atoms with Crippen LogP contribution >= 0.6 is 11.6 Å². The largest absolute Gasteiger partial charge is 0.391 e. The number of benzene rings is 1. The van der Waals surface area contributed by atoms with Crippen LogP contribution in [0.25, 0.3) is 5.65 Å². The van der Waals surface area contributed by atoms with Crippen molar-refractivity contribution in [2.24, 2.45) is 5.92 Å². The van der Waals surface area contributed by atoms with Crippen LogP contribution in [0.3, 0.4) is 0 Å². The van der Waals surface area contributed by atoms with Crippen LogP contribution in [0, 0.1) is 28.6 Å². The normalized spacial score (nSPS) is 20.2. The zero-order valence-corrected chi connectivity index (χ0v) is 18.0. The maximum atomic E-state index is 10.2. The lowest BCUT2D eigenvalue weighted by Gasteiger charge is -2.22. The van der Waals surface area contributed by atoms with E-state index in [2.05, 4.69) is 37.8 Å². The second-order valence-corrected chi connectivity index (χ2v) is 8.61. The molecule has 1 saturated heterocycles. The maximum Gasteiger partial charge on any atom is 0.247 e. The summed E-state index contributed by atoms with van der Waals surface area (Å²) in [7, 11) is 0. The highest BCUT2D eigenvalue weighted by atomic mass is 35.5. The number of aliphatic hydroxyl groups excluding tert-OH is 1. The summed E-state index contributed by atoms with van der Waals surface area (Å²) >= 11 is 6.72. The molecule has 1 aliphatic heterocycles. The summed E-state index contributed by atoms with van der Waals surface area (Å²) in [6.45, 7) is 3.04. The average molecular weight is 450 g/mol. The number of rotatable bonds is 5. The van der Waals surface area contributed by atoms with Gasteiger partial charge in [-0.05, 0) is 25.0 Å². The van der Waals surface area contributed by atoms with Crippen molar-refractivity contribution in [2.45, 2.75) is 31.9 Å². The molecule has 32 heavy (non-hydrogen) atoms. The molecule has 2 aliphatic rings. The Kier molecular flexibility index (Phi) is 4.97. The third-order valence-electron chi connectivity index (χ3n) is 5.74. The molecule has 2 atom stereocenters. The molecule has 0 amide bonds. The molecule has 2 fully saturated rings. The number of hydrogen-bond acceptors (Lipinski definition) is 9. The number of hydrogen-bond donors (Lipinski definition) is 3. The van der Waals surface area contributed by atoms with E-state index in [4.69, 9.17) is 11.6 Å². The molecular formula is C21H20ClN9O. The first-order chi connectivity index (χ1) is 15.5. The number of imidazole rings is 1. The molecule has 0 spiro atoms. The van der Waals surface area contributed by atoms with Gasteiger partial charge in [0, 0.05) is 25.0 Å². The van der Waals surface area contributed by atoms with E-state index < -0.39 is 6.10 Å². The van der Waals surface area contributed by atoms with Crippen LogP contribution in [-0.2, 0) is 0 Å². The highest BCUT2D eigenvalue weighted by Gasteiger charge is 2.30. The van der Waals surface area contributed by atoms with Crippen LogP contribution in [0.1, 0.15) is 31.0 Å². The Morgan fingerprint density at radius 3 is 2.69 bits per heavy atom. The number of aromatic nitrogens is 4. The number of nitrogens with one attached hydrogen (secondary N) is 2. The Balaban J connectivity index is 1.55. The number of nitrogens with zero attached hydrogens (tertiary/aromatic N) is 7. The van der Waals surface area contributed by atoms with E-state index in [1.807, 2.05) is 11.8 Å². The Hall–Kier alpha value is -3.60. The monoisotopic (exact) mass is 449 g/mol. The minimum absolute atomic E-state index is 0.0978. The highest BCUT2D eigenvalue weighted by molar-refractivity contribution is 6.36. The minimum atomic E-state index is -0.458. The fourth-order valence-corrected chi connectivity index (χ4v) is 4.07. The summed E-state index contributed by atoms with van der Waals surface area (Å²) < 4.78 is 1.43. The Labute approximate surface area is 189 Å². The fourth-order valence-electron chi connectivity index (χ4n) is 3.79. The maximum absolute atomic E-state index is 10.2. The van der Waals surface area contributed by atoms with Crippen LogP contribution in [-0.4, -0.2) is 49.9 Å². The minimum Gasteiger partial charge on any atom is -0.391 e. The first-order valence-corrected chi connectivity index (χ1v) is 10.7. The van der Waals surface area contributed by atoms with Crippen molar-refractivity contribution in [3.63, 3.8) is 0 Å². The van der Waals surface area contributed by atoms with Gasteiger partial charge in [-0.15, -0.1) is 5.10 Å². The van der Waals surface area contributed by atoms with Crippen LogP contribution in [0.2, 0.25) is 5.02 Å². The number of halogens is 1.